The minimum atomic E-state index is 0.204. The van der Waals surface area contributed by atoms with Crippen LogP contribution < -0.4 is 14.7 Å². The van der Waals surface area contributed by atoms with Crippen LogP contribution in [0.2, 0.25) is 0 Å². The molecule has 2 aliphatic heterocycles. The van der Waals surface area contributed by atoms with E-state index >= 15 is 0 Å². The summed E-state index contributed by atoms with van der Waals surface area (Å²) in [4.78, 5) is 7.24. The molecule has 1 atom stereocenters. The van der Waals surface area contributed by atoms with Crippen LogP contribution in [0.25, 0.3) is 6.08 Å². The molecular formula is C25H31AgClN3-2. The van der Waals surface area contributed by atoms with Crippen LogP contribution in [0, 0.1) is 0 Å². The molecular weight excluding hydrogens is 486 g/mol. The third-order valence-corrected chi connectivity index (χ3v) is 7.85. The van der Waals surface area contributed by atoms with E-state index in [-0.39, 0.29) is 24.2 Å². The minimum absolute atomic E-state index is 0.204. The summed E-state index contributed by atoms with van der Waals surface area (Å²) >= 11 is 0.222. The normalized spacial score (nSPS) is 19.6. The summed E-state index contributed by atoms with van der Waals surface area (Å²) in [5, 5.41) is 0. The van der Waals surface area contributed by atoms with Crippen molar-refractivity contribution in [3.05, 3.63) is 59.2 Å². The van der Waals surface area contributed by atoms with E-state index in [1.807, 2.05) is 0 Å². The fraction of sp³-hybridized carbons (Fsp3) is 0.400. The van der Waals surface area contributed by atoms with Gasteiger partial charge < -0.3 is 0 Å². The van der Waals surface area contributed by atoms with Crippen LogP contribution in [0.5, 0.6) is 0 Å². The number of rotatable bonds is 4. The van der Waals surface area contributed by atoms with E-state index in [0.29, 0.717) is 11.8 Å². The van der Waals surface area contributed by atoms with Gasteiger partial charge >= 0.3 is 195 Å². The van der Waals surface area contributed by atoms with Crippen LogP contribution in [0.15, 0.2) is 42.5 Å². The Morgan fingerprint density at radius 1 is 0.967 bits per heavy atom. The van der Waals surface area contributed by atoms with Crippen LogP contribution in [-0.2, 0) is 18.2 Å². The van der Waals surface area contributed by atoms with E-state index in [9.17, 15) is 0 Å². The molecule has 2 heterocycles. The van der Waals surface area contributed by atoms with Crippen molar-refractivity contribution in [3.63, 3.8) is 0 Å². The Morgan fingerprint density at radius 3 is 2.17 bits per heavy atom. The second-order valence-corrected chi connectivity index (χ2v) is 10.6. The number of hydrogen-bond acceptors (Lipinski definition) is 3. The van der Waals surface area contributed by atoms with Gasteiger partial charge in [0.2, 0.25) is 0 Å². The Kier molecular flexibility index (Phi) is 6.18. The maximum absolute atomic E-state index is 6.65. The number of benzene rings is 2. The standard InChI is InChI=1S/C25H31N3.Ag.ClH/c1-17(2)21-10-8-11-22(18(3)4)25(21)27-15-20-14-13-19-9-7-12-23(26(5)6)24(19)28(20)16-27;;/h7-14,17-18,20H,16H2,1-6H3;;1H/q;-1;/p-1. The number of nitrogens with zero attached hydrogens (tertiary/aromatic N) is 3. The van der Waals surface area contributed by atoms with Crippen molar-refractivity contribution >= 4 is 36.2 Å². The van der Waals surface area contributed by atoms with Crippen molar-refractivity contribution in [2.24, 2.45) is 0 Å². The molecule has 0 aromatic heterocycles. The second kappa shape index (κ2) is 8.55. The van der Waals surface area contributed by atoms with E-state index in [0.717, 1.165) is 6.67 Å². The number of para-hydroxylation sites is 2. The Bertz CT molecular complexity index is 983. The molecule has 0 saturated carbocycles. The summed E-state index contributed by atoms with van der Waals surface area (Å²) in [6.07, 6.45) is 4.59. The Labute approximate surface area is 194 Å². The van der Waals surface area contributed by atoms with Crippen molar-refractivity contribution in [1.29, 1.82) is 0 Å². The first-order valence-corrected chi connectivity index (χ1v) is 13.2. The average molecular weight is 517 g/mol. The average Bonchev–Trinajstić information content (AvgIpc) is 3.10. The molecule has 0 aliphatic carbocycles. The van der Waals surface area contributed by atoms with E-state index < -0.39 is 0 Å². The number of hydrogen-bond donors (Lipinski definition) is 0. The molecule has 3 nitrogen and oxygen atoms in total. The number of anilines is 3. The zero-order valence-electron chi connectivity index (χ0n) is 18.6. The van der Waals surface area contributed by atoms with Gasteiger partial charge in [0.05, 0.1) is 0 Å². The molecule has 5 heteroatoms. The number of halogens is 1. The Balaban J connectivity index is 1.89. The van der Waals surface area contributed by atoms with E-state index in [1.165, 1.54) is 37.6 Å². The quantitative estimate of drug-likeness (QED) is 0.458. The van der Waals surface area contributed by atoms with Gasteiger partial charge in [0.15, 0.2) is 0 Å². The van der Waals surface area contributed by atoms with Crippen LogP contribution in [0.3, 0.4) is 0 Å². The molecule has 0 radical (unpaired) electrons. The topological polar surface area (TPSA) is 9.72 Å². The first kappa shape index (κ1) is 21.7. The Hall–Kier alpha value is -1.52. The maximum atomic E-state index is 6.65. The predicted octanol–water partition coefficient (Wildman–Crippen LogP) is 6.05. The molecule has 2 aliphatic rings. The van der Waals surface area contributed by atoms with Crippen molar-refractivity contribution in [2.75, 3.05) is 35.5 Å². The van der Waals surface area contributed by atoms with E-state index in [1.54, 1.807) is 0 Å². The summed E-state index contributed by atoms with van der Waals surface area (Å²) in [5.74, 6) is 0.910. The summed E-state index contributed by atoms with van der Waals surface area (Å²) in [7, 11) is 10.9. The molecule has 166 valence electrons. The summed E-state index contributed by atoms with van der Waals surface area (Å²) in [6.45, 7) is 9.97. The third-order valence-electron chi connectivity index (χ3n) is 6.03. The molecule has 2 aromatic rings. The Morgan fingerprint density at radius 2 is 1.60 bits per heavy atom. The van der Waals surface area contributed by atoms with Crippen LogP contribution in [0.1, 0.15) is 56.2 Å². The molecule has 0 N–H and O–H groups in total. The van der Waals surface area contributed by atoms with Crippen molar-refractivity contribution in [3.8, 4) is 0 Å². The second-order valence-electron chi connectivity index (χ2n) is 8.89. The van der Waals surface area contributed by atoms with Gasteiger partial charge in [-0.2, -0.15) is 0 Å². The molecule has 2 aromatic carbocycles. The van der Waals surface area contributed by atoms with Crippen molar-refractivity contribution in [2.45, 2.75) is 45.6 Å². The van der Waals surface area contributed by atoms with Gasteiger partial charge in [-0.1, -0.05) is 0 Å². The fourth-order valence-electron chi connectivity index (χ4n) is 4.57. The number of fused-ring (bicyclic) bond motifs is 3. The molecule has 0 spiro atoms. The molecule has 1 saturated heterocycles. The van der Waals surface area contributed by atoms with Crippen LogP contribution in [0.4, 0.5) is 17.1 Å². The van der Waals surface area contributed by atoms with Gasteiger partial charge in [-0.3, -0.25) is 0 Å². The first-order valence-electron chi connectivity index (χ1n) is 10.6. The summed E-state index contributed by atoms with van der Waals surface area (Å²) in [5.41, 5.74) is 8.00. The zero-order chi connectivity index (χ0) is 21.6. The monoisotopic (exact) mass is 515 g/mol. The summed E-state index contributed by atoms with van der Waals surface area (Å²) in [6, 6.07) is 13.5. The SMILES string of the molecule is CC(C)c1cccc(C(C)C)c1N1CN2c3c(cccc3N(C)C)C=CC2[C]1=[Ag-2][Cl]. The van der Waals surface area contributed by atoms with Gasteiger partial charge in [0.1, 0.15) is 0 Å². The first-order chi connectivity index (χ1) is 14.3. The van der Waals surface area contributed by atoms with Crippen LogP contribution in [-0.4, -0.2) is 30.7 Å². The molecule has 4 rings (SSSR count). The molecule has 1 fully saturated rings. The van der Waals surface area contributed by atoms with E-state index in [2.05, 4.69) is 105 Å². The third kappa shape index (κ3) is 3.56. The van der Waals surface area contributed by atoms with Gasteiger partial charge in [0, 0.05) is 0 Å². The fourth-order valence-corrected chi connectivity index (χ4v) is 6.30. The molecule has 0 bridgehead atoms. The van der Waals surface area contributed by atoms with Crippen molar-refractivity contribution < 1.29 is 18.2 Å². The molecule has 1 unspecified atom stereocenters. The van der Waals surface area contributed by atoms with E-state index in [4.69, 9.17) is 9.19 Å². The van der Waals surface area contributed by atoms with Gasteiger partial charge in [-0.25, -0.2) is 0 Å². The van der Waals surface area contributed by atoms with Crippen LogP contribution >= 0.6 is 9.19 Å². The van der Waals surface area contributed by atoms with Gasteiger partial charge in [0.25, 0.3) is 0 Å². The van der Waals surface area contributed by atoms with Crippen molar-refractivity contribution in [1.82, 2.24) is 0 Å². The van der Waals surface area contributed by atoms with Gasteiger partial charge in [-0.15, -0.1) is 0 Å². The summed E-state index contributed by atoms with van der Waals surface area (Å²) < 4.78 is 1.30. The molecule has 30 heavy (non-hydrogen) atoms. The van der Waals surface area contributed by atoms with Gasteiger partial charge in [-0.05, 0) is 0 Å². The zero-order valence-corrected chi connectivity index (χ0v) is 20.8. The predicted molar refractivity (Wildman–Crippen MR) is 129 cm³/mol. The molecule has 0 amide bonds.